The van der Waals surface area contributed by atoms with Gasteiger partial charge in [-0.15, -0.1) is 11.3 Å². The van der Waals surface area contributed by atoms with Crippen molar-refractivity contribution in [3.63, 3.8) is 0 Å². The van der Waals surface area contributed by atoms with Crippen molar-refractivity contribution in [1.29, 1.82) is 0 Å². The summed E-state index contributed by atoms with van der Waals surface area (Å²) in [5.41, 5.74) is 0.470. The van der Waals surface area contributed by atoms with Gasteiger partial charge in [0.1, 0.15) is 16.5 Å². The third-order valence-electron chi connectivity index (χ3n) is 2.63. The molecule has 1 unspecified atom stereocenters. The Morgan fingerprint density at radius 3 is 2.75 bits per heavy atom. The van der Waals surface area contributed by atoms with Gasteiger partial charge in [0.25, 0.3) is 0 Å². The summed E-state index contributed by atoms with van der Waals surface area (Å²) in [7, 11) is 0. The summed E-state index contributed by atoms with van der Waals surface area (Å²) < 4.78 is 5.22. The molecule has 0 saturated heterocycles. The first-order valence-electron chi connectivity index (χ1n) is 6.53. The molecule has 0 aromatic carbocycles. The summed E-state index contributed by atoms with van der Waals surface area (Å²) in [4.78, 5) is 27.0. The van der Waals surface area contributed by atoms with E-state index in [-0.39, 0.29) is 23.4 Å². The molecule has 112 valence electrons. The molecule has 0 spiro atoms. The summed E-state index contributed by atoms with van der Waals surface area (Å²) in [5.74, 6) is -1.22. The smallest absolute Gasteiger partial charge is 0.347 e. The second-order valence-corrected chi connectivity index (χ2v) is 5.50. The summed E-state index contributed by atoms with van der Waals surface area (Å²) in [6, 6.07) is -0.325. The molecule has 7 heteroatoms. The lowest BCUT2D eigenvalue weighted by Crippen LogP contribution is -2.30. The fraction of sp³-hybridized carbons (Fsp3) is 0.615. The Bertz CT molecular complexity index is 473. The van der Waals surface area contributed by atoms with Gasteiger partial charge in [-0.05, 0) is 20.3 Å². The second-order valence-electron chi connectivity index (χ2n) is 4.47. The number of aromatic carboxylic acids is 1. The van der Waals surface area contributed by atoms with Crippen LogP contribution in [0.5, 0.6) is 0 Å². The number of amides is 1. The predicted molar refractivity (Wildman–Crippen MR) is 76.1 cm³/mol. The molecular weight excluding hydrogens is 280 g/mol. The van der Waals surface area contributed by atoms with Gasteiger partial charge in [-0.1, -0.05) is 13.3 Å². The molecule has 1 rings (SSSR count). The topological polar surface area (TPSA) is 88.5 Å². The van der Waals surface area contributed by atoms with Crippen LogP contribution in [0.4, 0.5) is 0 Å². The summed E-state index contributed by atoms with van der Waals surface area (Å²) in [5, 5.41) is 12.3. The summed E-state index contributed by atoms with van der Waals surface area (Å²) in [6.07, 6.45) is 1.95. The van der Waals surface area contributed by atoms with E-state index in [1.165, 1.54) is 0 Å². The quantitative estimate of drug-likeness (QED) is 0.718. The van der Waals surface area contributed by atoms with Crippen LogP contribution in [-0.2, 0) is 9.53 Å². The lowest BCUT2D eigenvalue weighted by Gasteiger charge is -2.11. The van der Waals surface area contributed by atoms with Crippen molar-refractivity contribution in [2.24, 2.45) is 0 Å². The van der Waals surface area contributed by atoms with Gasteiger partial charge in [-0.3, -0.25) is 4.79 Å². The van der Waals surface area contributed by atoms with Crippen LogP contribution in [0.25, 0.3) is 0 Å². The lowest BCUT2D eigenvalue weighted by molar-refractivity contribution is -0.126. The van der Waals surface area contributed by atoms with Crippen LogP contribution < -0.4 is 5.32 Å². The molecule has 1 aromatic heterocycles. The van der Waals surface area contributed by atoms with E-state index < -0.39 is 5.97 Å². The summed E-state index contributed by atoms with van der Waals surface area (Å²) in [6.45, 7) is 6.05. The number of hydrogen-bond donors (Lipinski definition) is 2. The molecule has 0 aliphatic rings. The third kappa shape index (κ3) is 4.90. The van der Waals surface area contributed by atoms with Crippen LogP contribution in [0.2, 0.25) is 0 Å². The largest absolute Gasteiger partial charge is 0.477 e. The van der Waals surface area contributed by atoms with Crippen molar-refractivity contribution < 1.29 is 19.4 Å². The molecular formula is C13H20N2O4S. The number of nitrogens with one attached hydrogen (secondary N) is 1. The monoisotopic (exact) mass is 300 g/mol. The minimum Gasteiger partial charge on any atom is -0.477 e. The van der Waals surface area contributed by atoms with Gasteiger partial charge in [0.15, 0.2) is 0 Å². The Morgan fingerprint density at radius 2 is 2.20 bits per heavy atom. The zero-order valence-corrected chi connectivity index (χ0v) is 12.7. The zero-order chi connectivity index (χ0) is 15.1. The first kappa shape index (κ1) is 16.6. The molecule has 0 aliphatic heterocycles. The highest BCUT2D eigenvalue weighted by atomic mass is 32.1. The number of aromatic nitrogens is 1. The van der Waals surface area contributed by atoms with E-state index in [9.17, 15) is 9.59 Å². The van der Waals surface area contributed by atoms with Crippen molar-refractivity contribution in [2.45, 2.75) is 39.7 Å². The Labute approximate surface area is 122 Å². The minimum absolute atomic E-state index is 0.0144. The van der Waals surface area contributed by atoms with Gasteiger partial charge in [-0.25, -0.2) is 9.78 Å². The first-order valence-corrected chi connectivity index (χ1v) is 7.35. The molecule has 0 radical (unpaired) electrons. The van der Waals surface area contributed by atoms with Gasteiger partial charge in [-0.2, -0.15) is 0 Å². The maximum atomic E-state index is 11.6. The molecule has 6 nitrogen and oxygen atoms in total. The number of aryl methyl sites for hydroxylation is 1. The number of unbranched alkanes of at least 4 members (excludes halogenated alkanes) is 1. The van der Waals surface area contributed by atoms with E-state index >= 15 is 0 Å². The van der Waals surface area contributed by atoms with E-state index in [1.807, 2.05) is 0 Å². The average Bonchev–Trinajstić information content (AvgIpc) is 2.77. The number of carbonyl (C=O) groups is 2. The number of carboxylic acid groups (broad SMARTS) is 1. The number of nitrogens with zero attached hydrogens (tertiary/aromatic N) is 1. The summed E-state index contributed by atoms with van der Waals surface area (Å²) >= 11 is 1.08. The Balaban J connectivity index is 2.49. The van der Waals surface area contributed by atoms with Crippen molar-refractivity contribution in [3.8, 4) is 0 Å². The predicted octanol–water partition coefficient (Wildman–Crippen LogP) is 2.14. The fourth-order valence-electron chi connectivity index (χ4n) is 1.56. The molecule has 20 heavy (non-hydrogen) atoms. The molecule has 0 aliphatic carbocycles. The van der Waals surface area contributed by atoms with Crippen LogP contribution in [-0.4, -0.2) is 35.2 Å². The second kappa shape index (κ2) is 7.96. The lowest BCUT2D eigenvalue weighted by atomic mass is 10.3. The number of carboxylic acids is 1. The maximum absolute atomic E-state index is 11.6. The maximum Gasteiger partial charge on any atom is 0.347 e. The van der Waals surface area contributed by atoms with Crippen LogP contribution in [0.15, 0.2) is 0 Å². The van der Waals surface area contributed by atoms with Crippen molar-refractivity contribution >= 4 is 23.2 Å². The molecule has 0 bridgehead atoms. The molecule has 1 aromatic rings. The zero-order valence-electron chi connectivity index (χ0n) is 11.9. The van der Waals surface area contributed by atoms with Gasteiger partial charge < -0.3 is 15.2 Å². The van der Waals surface area contributed by atoms with Gasteiger partial charge in [0, 0.05) is 6.61 Å². The van der Waals surface area contributed by atoms with Crippen molar-refractivity contribution in [1.82, 2.24) is 10.3 Å². The Morgan fingerprint density at radius 1 is 1.50 bits per heavy atom. The molecule has 1 atom stereocenters. The molecule has 1 amide bonds. The van der Waals surface area contributed by atoms with Crippen molar-refractivity contribution in [3.05, 3.63) is 15.6 Å². The standard InChI is InChI=1S/C13H20N2O4S/c1-4-5-6-19-7-10(16)14-9(3)12-15-8(2)11(20-12)13(17)18/h9H,4-7H2,1-3H3,(H,14,16)(H,17,18). The van der Waals surface area contributed by atoms with Gasteiger partial charge in [0.2, 0.25) is 5.91 Å². The normalized spacial score (nSPS) is 12.2. The number of hydrogen-bond acceptors (Lipinski definition) is 5. The highest BCUT2D eigenvalue weighted by molar-refractivity contribution is 7.13. The fourth-order valence-corrected chi connectivity index (χ4v) is 2.47. The van der Waals surface area contributed by atoms with Crippen LogP contribution in [0.1, 0.15) is 53.1 Å². The molecule has 1 heterocycles. The van der Waals surface area contributed by atoms with Crippen molar-refractivity contribution in [2.75, 3.05) is 13.2 Å². The van der Waals surface area contributed by atoms with E-state index in [0.29, 0.717) is 17.3 Å². The third-order valence-corrected chi connectivity index (χ3v) is 3.96. The highest BCUT2D eigenvalue weighted by Gasteiger charge is 2.19. The van der Waals surface area contributed by atoms with Crippen LogP contribution in [0, 0.1) is 6.92 Å². The highest BCUT2D eigenvalue weighted by Crippen LogP contribution is 2.23. The average molecular weight is 300 g/mol. The van der Waals surface area contributed by atoms with Gasteiger partial charge >= 0.3 is 5.97 Å². The van der Waals surface area contributed by atoms with E-state index in [0.717, 1.165) is 24.2 Å². The van der Waals surface area contributed by atoms with Crippen LogP contribution in [0.3, 0.4) is 0 Å². The van der Waals surface area contributed by atoms with Crippen LogP contribution >= 0.6 is 11.3 Å². The minimum atomic E-state index is -0.993. The Kier molecular flexibility index (Phi) is 6.60. The molecule has 0 saturated carbocycles. The Hall–Kier alpha value is -1.47. The number of carbonyl (C=O) groups excluding carboxylic acids is 1. The first-order chi connectivity index (χ1) is 9.45. The SMILES string of the molecule is CCCCOCC(=O)NC(C)c1nc(C)c(C(=O)O)s1. The van der Waals surface area contributed by atoms with E-state index in [4.69, 9.17) is 9.84 Å². The number of rotatable bonds is 8. The number of thiazole rings is 1. The van der Waals surface area contributed by atoms with E-state index in [2.05, 4.69) is 17.2 Å². The van der Waals surface area contributed by atoms with E-state index in [1.54, 1.807) is 13.8 Å². The van der Waals surface area contributed by atoms with Gasteiger partial charge in [0.05, 0.1) is 11.7 Å². The number of ether oxygens (including phenoxy) is 1. The molecule has 2 N–H and O–H groups in total. The molecule has 0 fully saturated rings.